The van der Waals surface area contributed by atoms with Gasteiger partial charge >= 0.3 is 5.97 Å². The molecule has 2 unspecified atom stereocenters. The maximum absolute atomic E-state index is 11.6. The quantitative estimate of drug-likeness (QED) is 0.573. The van der Waals surface area contributed by atoms with E-state index >= 15 is 0 Å². The van der Waals surface area contributed by atoms with Crippen molar-refractivity contribution in [1.82, 2.24) is 5.32 Å². The Morgan fingerprint density at radius 1 is 1.17 bits per heavy atom. The number of nitrogens with one attached hydrogen (secondary N) is 1. The smallest absolute Gasteiger partial charge is 0.303 e. The summed E-state index contributed by atoms with van der Waals surface area (Å²) < 4.78 is 27.6. The summed E-state index contributed by atoms with van der Waals surface area (Å²) in [5.41, 5.74) is 0.933. The van der Waals surface area contributed by atoms with Crippen molar-refractivity contribution in [2.24, 2.45) is 0 Å². The minimum absolute atomic E-state index is 0.0955. The Kier molecular flexibility index (Phi) is 8.84. The summed E-state index contributed by atoms with van der Waals surface area (Å²) >= 11 is 0. The van der Waals surface area contributed by atoms with Crippen molar-refractivity contribution in [3.8, 4) is 5.75 Å². The summed E-state index contributed by atoms with van der Waals surface area (Å²) in [5, 5.41) is 12.9. The minimum Gasteiger partial charge on any atom is -0.497 e. The molecule has 1 amide bonds. The Balaban J connectivity index is 2.07. The summed E-state index contributed by atoms with van der Waals surface area (Å²) in [4.78, 5) is 23.1. The molecule has 9 nitrogen and oxygen atoms in total. The highest BCUT2D eigenvalue weighted by Gasteiger charge is 2.48. The Hall–Kier alpha value is -2.20. The molecule has 0 aromatic heterocycles. The van der Waals surface area contributed by atoms with E-state index in [0.29, 0.717) is 13.2 Å². The highest BCUT2D eigenvalue weighted by molar-refractivity contribution is 5.73. The number of carbonyl (C=O) groups is 2. The van der Waals surface area contributed by atoms with Crippen molar-refractivity contribution in [3.05, 3.63) is 29.8 Å². The molecule has 1 aromatic carbocycles. The van der Waals surface area contributed by atoms with Crippen molar-refractivity contribution < 1.29 is 38.4 Å². The van der Waals surface area contributed by atoms with Crippen LogP contribution in [-0.2, 0) is 35.1 Å². The number of carbonyl (C=O) groups excluding carboxylic acids is 2. The average Bonchev–Trinajstić information content (AvgIpc) is 2.67. The predicted octanol–water partition coefficient (Wildman–Crippen LogP) is 0.771. The van der Waals surface area contributed by atoms with E-state index in [1.807, 2.05) is 24.3 Å². The van der Waals surface area contributed by atoms with Crippen molar-refractivity contribution in [3.63, 3.8) is 0 Å². The van der Waals surface area contributed by atoms with Gasteiger partial charge in [-0.05, 0) is 24.6 Å². The molecule has 2 rings (SSSR count). The fourth-order valence-electron chi connectivity index (χ4n) is 3.18. The van der Waals surface area contributed by atoms with Crippen LogP contribution < -0.4 is 10.1 Å². The summed E-state index contributed by atoms with van der Waals surface area (Å²) in [5.74, 6) is -0.196. The Morgan fingerprint density at radius 3 is 2.41 bits per heavy atom. The van der Waals surface area contributed by atoms with E-state index in [1.165, 1.54) is 13.8 Å². The summed E-state index contributed by atoms with van der Waals surface area (Å²) in [6.45, 7) is 5.08. The number of rotatable bonds is 9. The molecule has 0 spiro atoms. The van der Waals surface area contributed by atoms with Gasteiger partial charge in [0.1, 0.15) is 24.0 Å². The van der Waals surface area contributed by atoms with Crippen LogP contribution in [0.2, 0.25) is 0 Å². The first-order chi connectivity index (χ1) is 13.8. The molecule has 29 heavy (non-hydrogen) atoms. The molecular weight excluding hydrogens is 382 g/mol. The van der Waals surface area contributed by atoms with Crippen LogP contribution in [0.1, 0.15) is 26.3 Å². The second-order valence-electron chi connectivity index (χ2n) is 6.65. The number of hydrogen-bond acceptors (Lipinski definition) is 8. The summed E-state index contributed by atoms with van der Waals surface area (Å²) in [7, 11) is 1.60. The highest BCUT2D eigenvalue weighted by atomic mass is 16.7. The van der Waals surface area contributed by atoms with Crippen LogP contribution in [0.4, 0.5) is 0 Å². The lowest BCUT2D eigenvalue weighted by Gasteiger charge is -2.44. The van der Waals surface area contributed by atoms with Crippen LogP contribution in [0.15, 0.2) is 24.3 Å². The van der Waals surface area contributed by atoms with Crippen LogP contribution in [-0.4, -0.2) is 68.0 Å². The molecule has 162 valence electrons. The van der Waals surface area contributed by atoms with Gasteiger partial charge in [-0.2, -0.15) is 0 Å². The van der Waals surface area contributed by atoms with Gasteiger partial charge in [0.05, 0.1) is 20.3 Å². The lowest BCUT2D eigenvalue weighted by Crippen LogP contribution is -2.65. The van der Waals surface area contributed by atoms with Gasteiger partial charge in [-0.25, -0.2) is 0 Å². The molecule has 9 heteroatoms. The molecule has 0 bridgehead atoms. The van der Waals surface area contributed by atoms with Crippen LogP contribution in [0.3, 0.4) is 0 Å². The largest absolute Gasteiger partial charge is 0.497 e. The Labute approximate surface area is 170 Å². The van der Waals surface area contributed by atoms with E-state index in [-0.39, 0.29) is 12.5 Å². The van der Waals surface area contributed by atoms with Crippen molar-refractivity contribution in [2.75, 3.05) is 20.3 Å². The van der Waals surface area contributed by atoms with Crippen LogP contribution in [0.5, 0.6) is 5.75 Å². The molecule has 2 N–H and O–H groups in total. The van der Waals surface area contributed by atoms with Gasteiger partial charge in [-0.1, -0.05) is 12.1 Å². The second kappa shape index (κ2) is 11.1. The topological polar surface area (TPSA) is 113 Å². The number of aliphatic hydroxyl groups is 1. The number of aliphatic hydroxyl groups excluding tert-OH is 1. The molecule has 1 aliphatic rings. The molecule has 0 radical (unpaired) electrons. The Bertz CT molecular complexity index is 665. The average molecular weight is 411 g/mol. The lowest BCUT2D eigenvalue weighted by molar-refractivity contribution is -0.269. The number of esters is 1. The normalized spacial score (nSPS) is 26.6. The summed E-state index contributed by atoms with van der Waals surface area (Å²) in [6, 6.07) is 6.47. The minimum atomic E-state index is -1.38. The van der Waals surface area contributed by atoms with E-state index < -0.39 is 36.6 Å². The Morgan fingerprint density at radius 2 is 1.86 bits per heavy atom. The first kappa shape index (κ1) is 23.1. The van der Waals surface area contributed by atoms with Crippen LogP contribution in [0, 0.1) is 0 Å². The van der Waals surface area contributed by atoms with Gasteiger partial charge < -0.3 is 34.1 Å². The third kappa shape index (κ3) is 6.67. The van der Waals surface area contributed by atoms with Gasteiger partial charge in [-0.15, -0.1) is 0 Å². The van der Waals surface area contributed by atoms with E-state index in [9.17, 15) is 14.7 Å². The maximum atomic E-state index is 11.6. The third-order valence-electron chi connectivity index (χ3n) is 4.41. The molecule has 1 heterocycles. The first-order valence-corrected chi connectivity index (χ1v) is 9.45. The molecule has 1 aliphatic heterocycles. The van der Waals surface area contributed by atoms with Gasteiger partial charge in [0.2, 0.25) is 5.91 Å². The number of methoxy groups -OCH3 is 1. The van der Waals surface area contributed by atoms with E-state index in [2.05, 4.69) is 5.32 Å². The van der Waals surface area contributed by atoms with Crippen LogP contribution >= 0.6 is 0 Å². The molecule has 1 aromatic rings. The zero-order valence-corrected chi connectivity index (χ0v) is 17.1. The number of amides is 1. The fourth-order valence-corrected chi connectivity index (χ4v) is 3.18. The van der Waals surface area contributed by atoms with E-state index in [4.69, 9.17) is 23.7 Å². The van der Waals surface area contributed by atoms with Gasteiger partial charge in [0.25, 0.3) is 0 Å². The first-order valence-electron chi connectivity index (χ1n) is 9.45. The highest BCUT2D eigenvalue weighted by Crippen LogP contribution is 2.26. The monoisotopic (exact) mass is 411 g/mol. The van der Waals surface area contributed by atoms with Crippen molar-refractivity contribution in [1.29, 1.82) is 0 Å². The molecule has 0 saturated carbocycles. The zero-order valence-electron chi connectivity index (χ0n) is 17.1. The molecule has 0 aliphatic carbocycles. The van der Waals surface area contributed by atoms with Gasteiger partial charge in [0.15, 0.2) is 12.4 Å². The van der Waals surface area contributed by atoms with E-state index in [1.54, 1.807) is 14.0 Å². The number of benzene rings is 1. The van der Waals surface area contributed by atoms with Crippen LogP contribution in [0.25, 0.3) is 0 Å². The molecule has 5 atom stereocenters. The molecule has 1 fully saturated rings. The fraction of sp³-hybridized carbons (Fsp3) is 0.600. The van der Waals surface area contributed by atoms with Crippen molar-refractivity contribution in [2.45, 2.75) is 58.0 Å². The van der Waals surface area contributed by atoms with Gasteiger partial charge in [-0.3, -0.25) is 9.59 Å². The number of ether oxygens (including phenoxy) is 5. The lowest BCUT2D eigenvalue weighted by atomic mass is 9.96. The second-order valence-corrected chi connectivity index (χ2v) is 6.65. The summed E-state index contributed by atoms with van der Waals surface area (Å²) in [6.07, 6.45) is -3.72. The third-order valence-corrected chi connectivity index (χ3v) is 4.41. The van der Waals surface area contributed by atoms with E-state index in [0.717, 1.165) is 11.3 Å². The molecular formula is C20H29NO8. The molecule has 1 saturated heterocycles. The maximum Gasteiger partial charge on any atom is 0.303 e. The SMILES string of the molecule is CCO[C@@H]1C(COCc2ccc(OC)cc2)O[C@@H](O)C(NC(C)=O)[C@@H]1OC(C)=O. The number of hydrogen-bond donors (Lipinski definition) is 2. The predicted molar refractivity (Wildman–Crippen MR) is 102 cm³/mol. The zero-order chi connectivity index (χ0) is 21.4. The standard InChI is InChI=1S/C20H29NO8/c1-5-27-18-16(11-26-10-14-6-8-15(25-4)9-7-14)29-20(24)17(21-12(2)22)19(18)28-13(3)23/h6-9,16-20,24H,5,10-11H2,1-4H3,(H,21,22)/t16?,17?,18-,19+,20-/m1/s1. The van der Waals surface area contributed by atoms with Crippen molar-refractivity contribution >= 4 is 11.9 Å². The van der Waals surface area contributed by atoms with Gasteiger partial charge in [0, 0.05) is 20.5 Å².